The molecule has 0 aliphatic heterocycles. The van der Waals surface area contributed by atoms with E-state index in [1.165, 1.54) is 12.2 Å². The van der Waals surface area contributed by atoms with Crippen molar-refractivity contribution in [2.24, 2.45) is 0 Å². The minimum atomic E-state index is -0.141. The van der Waals surface area contributed by atoms with Crippen molar-refractivity contribution in [3.05, 3.63) is 12.2 Å². The lowest BCUT2D eigenvalue weighted by atomic mass is 10.4. The van der Waals surface area contributed by atoms with Gasteiger partial charge < -0.3 is 5.32 Å². The smallest absolute Gasteiger partial charge is 0.243 e. The topological polar surface area (TPSA) is 52.9 Å². The number of allylic oxidation sites excluding steroid dienone is 1. The highest BCUT2D eigenvalue weighted by atomic mass is 16.1. The van der Waals surface area contributed by atoms with Gasteiger partial charge in [0.15, 0.2) is 0 Å². The minimum Gasteiger partial charge on any atom is -0.353 e. The summed E-state index contributed by atoms with van der Waals surface area (Å²) in [6.45, 7) is 2.46. The Labute approximate surface area is 60.3 Å². The van der Waals surface area contributed by atoms with Crippen molar-refractivity contribution in [3.8, 4) is 6.07 Å². The van der Waals surface area contributed by atoms with Crippen LogP contribution in [0.15, 0.2) is 12.2 Å². The number of nitrogens with zero attached hydrogens (tertiary/aromatic N) is 1. The van der Waals surface area contributed by atoms with Gasteiger partial charge in [-0.1, -0.05) is 6.08 Å². The lowest BCUT2D eigenvalue weighted by Gasteiger charge is -1.92. The molecule has 0 aromatic carbocycles. The number of likely N-dealkylation sites (N-methyl/N-ethyl adjacent to an activating group) is 1. The van der Waals surface area contributed by atoms with Crippen LogP contribution in [-0.4, -0.2) is 12.5 Å². The van der Waals surface area contributed by atoms with E-state index in [4.69, 9.17) is 5.26 Å². The SMILES string of the molecule is CCNC(=O)/C=C/CC#N. The maximum atomic E-state index is 10.6. The van der Waals surface area contributed by atoms with Crippen LogP contribution in [0.25, 0.3) is 0 Å². The van der Waals surface area contributed by atoms with Crippen LogP contribution in [0, 0.1) is 11.3 Å². The Morgan fingerprint density at radius 2 is 2.50 bits per heavy atom. The summed E-state index contributed by atoms with van der Waals surface area (Å²) in [6.07, 6.45) is 3.19. The molecular weight excluding hydrogens is 128 g/mol. The van der Waals surface area contributed by atoms with E-state index in [1.807, 2.05) is 13.0 Å². The summed E-state index contributed by atoms with van der Waals surface area (Å²) < 4.78 is 0. The minimum absolute atomic E-state index is 0.141. The zero-order valence-electron chi connectivity index (χ0n) is 5.92. The molecule has 0 saturated heterocycles. The van der Waals surface area contributed by atoms with Gasteiger partial charge >= 0.3 is 0 Å². The highest BCUT2D eigenvalue weighted by Gasteiger charge is 1.87. The number of nitrogens with one attached hydrogen (secondary N) is 1. The fourth-order valence-electron chi connectivity index (χ4n) is 0.452. The fourth-order valence-corrected chi connectivity index (χ4v) is 0.452. The molecule has 0 saturated carbocycles. The van der Waals surface area contributed by atoms with Crippen molar-refractivity contribution in [2.45, 2.75) is 13.3 Å². The van der Waals surface area contributed by atoms with Gasteiger partial charge in [-0.15, -0.1) is 0 Å². The molecule has 0 aromatic rings. The molecule has 0 spiro atoms. The van der Waals surface area contributed by atoms with Crippen LogP contribution in [0.5, 0.6) is 0 Å². The summed E-state index contributed by atoms with van der Waals surface area (Å²) in [5.74, 6) is -0.141. The molecule has 0 unspecified atom stereocenters. The summed E-state index contributed by atoms with van der Waals surface area (Å²) in [5, 5.41) is 10.6. The number of hydrogen-bond donors (Lipinski definition) is 1. The van der Waals surface area contributed by atoms with Gasteiger partial charge in [-0.2, -0.15) is 5.26 Å². The molecule has 1 amide bonds. The van der Waals surface area contributed by atoms with Crippen molar-refractivity contribution >= 4 is 5.91 Å². The molecule has 3 nitrogen and oxygen atoms in total. The molecule has 54 valence electrons. The molecule has 0 heterocycles. The second-order valence-corrected chi connectivity index (χ2v) is 1.66. The zero-order chi connectivity index (χ0) is 7.82. The van der Waals surface area contributed by atoms with Crippen molar-refractivity contribution < 1.29 is 4.79 Å². The van der Waals surface area contributed by atoms with Crippen LogP contribution in [0.4, 0.5) is 0 Å². The second-order valence-electron chi connectivity index (χ2n) is 1.66. The highest BCUT2D eigenvalue weighted by molar-refractivity contribution is 5.87. The molecule has 0 aromatic heterocycles. The number of carbonyl (C=O) groups is 1. The van der Waals surface area contributed by atoms with Gasteiger partial charge in [-0.3, -0.25) is 4.79 Å². The highest BCUT2D eigenvalue weighted by Crippen LogP contribution is 1.78. The van der Waals surface area contributed by atoms with E-state index in [-0.39, 0.29) is 12.3 Å². The Bertz CT molecular complexity index is 167. The van der Waals surface area contributed by atoms with E-state index in [2.05, 4.69) is 5.32 Å². The average molecular weight is 138 g/mol. The number of nitriles is 1. The molecule has 0 fully saturated rings. The third-order valence-corrected chi connectivity index (χ3v) is 0.829. The lowest BCUT2D eigenvalue weighted by Crippen LogP contribution is -2.19. The van der Waals surface area contributed by atoms with Gasteiger partial charge in [0, 0.05) is 6.54 Å². The van der Waals surface area contributed by atoms with Crippen LogP contribution >= 0.6 is 0 Å². The van der Waals surface area contributed by atoms with E-state index in [1.54, 1.807) is 0 Å². The van der Waals surface area contributed by atoms with Crippen LogP contribution in [0.2, 0.25) is 0 Å². The van der Waals surface area contributed by atoms with E-state index >= 15 is 0 Å². The lowest BCUT2D eigenvalue weighted by molar-refractivity contribution is -0.116. The molecule has 0 radical (unpaired) electrons. The van der Waals surface area contributed by atoms with Gasteiger partial charge in [0.2, 0.25) is 5.91 Å². The predicted octanol–water partition coefficient (Wildman–Crippen LogP) is 0.592. The average Bonchev–Trinajstić information content (AvgIpc) is 1.89. The van der Waals surface area contributed by atoms with Crippen LogP contribution in [0.3, 0.4) is 0 Å². The molecule has 10 heavy (non-hydrogen) atoms. The summed E-state index contributed by atoms with van der Waals surface area (Å²) in [4.78, 5) is 10.6. The quantitative estimate of drug-likeness (QED) is 0.580. The molecule has 3 heteroatoms. The van der Waals surface area contributed by atoms with E-state index in [9.17, 15) is 4.79 Å². The Hall–Kier alpha value is -1.30. The molecule has 0 atom stereocenters. The standard InChI is InChI=1S/C7H10N2O/c1-2-9-7(10)5-3-4-6-8/h3,5H,2,4H2,1H3,(H,9,10)/b5-3+. The second kappa shape index (κ2) is 5.83. The Balaban J connectivity index is 3.48. The molecule has 0 aliphatic rings. The van der Waals surface area contributed by atoms with Gasteiger partial charge in [0.05, 0.1) is 12.5 Å². The van der Waals surface area contributed by atoms with Crippen molar-refractivity contribution in [2.75, 3.05) is 6.54 Å². The molecule has 0 rings (SSSR count). The van der Waals surface area contributed by atoms with E-state index in [0.29, 0.717) is 6.54 Å². The van der Waals surface area contributed by atoms with Gasteiger partial charge in [0.1, 0.15) is 0 Å². The van der Waals surface area contributed by atoms with Crippen molar-refractivity contribution in [3.63, 3.8) is 0 Å². The largest absolute Gasteiger partial charge is 0.353 e. The molecule has 0 bridgehead atoms. The summed E-state index contributed by atoms with van der Waals surface area (Å²) in [6, 6.07) is 1.90. The Morgan fingerprint density at radius 1 is 1.80 bits per heavy atom. The Kier molecular flexibility index (Phi) is 5.07. The molecule has 0 aliphatic carbocycles. The maximum Gasteiger partial charge on any atom is 0.243 e. The number of amides is 1. The fraction of sp³-hybridized carbons (Fsp3) is 0.429. The van der Waals surface area contributed by atoms with Crippen LogP contribution < -0.4 is 5.32 Å². The molecule has 1 N–H and O–H groups in total. The van der Waals surface area contributed by atoms with Gasteiger partial charge in [0.25, 0.3) is 0 Å². The van der Waals surface area contributed by atoms with Gasteiger partial charge in [-0.05, 0) is 13.0 Å². The third-order valence-electron chi connectivity index (χ3n) is 0.829. The van der Waals surface area contributed by atoms with E-state index in [0.717, 1.165) is 0 Å². The zero-order valence-corrected chi connectivity index (χ0v) is 5.92. The summed E-state index contributed by atoms with van der Waals surface area (Å²) >= 11 is 0. The summed E-state index contributed by atoms with van der Waals surface area (Å²) in [7, 11) is 0. The first-order chi connectivity index (χ1) is 4.81. The first kappa shape index (κ1) is 8.70. The normalized spacial score (nSPS) is 9.20. The van der Waals surface area contributed by atoms with Crippen molar-refractivity contribution in [1.82, 2.24) is 5.32 Å². The van der Waals surface area contributed by atoms with Crippen LogP contribution in [-0.2, 0) is 4.79 Å². The van der Waals surface area contributed by atoms with Crippen LogP contribution in [0.1, 0.15) is 13.3 Å². The number of hydrogen-bond acceptors (Lipinski definition) is 2. The molecular formula is C7H10N2O. The Morgan fingerprint density at radius 3 is 3.00 bits per heavy atom. The van der Waals surface area contributed by atoms with E-state index < -0.39 is 0 Å². The predicted molar refractivity (Wildman–Crippen MR) is 38.1 cm³/mol. The summed E-state index contributed by atoms with van der Waals surface area (Å²) in [5.41, 5.74) is 0. The first-order valence-electron chi connectivity index (χ1n) is 3.12. The number of carbonyl (C=O) groups excluding carboxylic acids is 1. The van der Waals surface area contributed by atoms with Gasteiger partial charge in [-0.25, -0.2) is 0 Å². The monoisotopic (exact) mass is 138 g/mol. The first-order valence-corrected chi connectivity index (χ1v) is 3.12. The van der Waals surface area contributed by atoms with Crippen molar-refractivity contribution in [1.29, 1.82) is 5.26 Å². The maximum absolute atomic E-state index is 10.6. The number of rotatable bonds is 3. The third kappa shape index (κ3) is 4.85.